The molecular formula is C23H27N4O2S+. The SMILES string of the molecule is C=CCn1c([C@@H]2COc3ccccc3O2)nn(C[NH+](C)Cc2ccccc2C)c1=S. The number of aryl methyl sites for hydroxylation is 1. The van der Waals surface area contributed by atoms with Crippen LogP contribution in [0.1, 0.15) is 23.1 Å². The molecule has 30 heavy (non-hydrogen) atoms. The van der Waals surface area contributed by atoms with Crippen LogP contribution in [0.4, 0.5) is 0 Å². The van der Waals surface area contributed by atoms with Crippen LogP contribution >= 0.6 is 12.2 Å². The molecule has 2 aromatic carbocycles. The van der Waals surface area contributed by atoms with E-state index < -0.39 is 0 Å². The van der Waals surface area contributed by atoms with E-state index in [0.29, 0.717) is 24.6 Å². The number of hydrogen-bond donors (Lipinski definition) is 1. The number of aromatic nitrogens is 3. The van der Waals surface area contributed by atoms with Crippen LogP contribution in [0.5, 0.6) is 11.5 Å². The molecule has 7 heteroatoms. The Morgan fingerprint density at radius 1 is 1.20 bits per heavy atom. The fraction of sp³-hybridized carbons (Fsp3) is 0.304. The molecule has 0 fully saturated rings. The van der Waals surface area contributed by atoms with E-state index in [4.69, 9.17) is 26.8 Å². The summed E-state index contributed by atoms with van der Waals surface area (Å²) in [6, 6.07) is 16.1. The van der Waals surface area contributed by atoms with Crippen LogP contribution in [0, 0.1) is 11.7 Å². The van der Waals surface area contributed by atoms with Gasteiger partial charge >= 0.3 is 0 Å². The molecule has 1 unspecified atom stereocenters. The average molecular weight is 424 g/mol. The Labute approximate surface area is 182 Å². The molecule has 0 radical (unpaired) electrons. The van der Waals surface area contributed by atoms with Crippen LogP contribution in [0.15, 0.2) is 61.2 Å². The van der Waals surface area contributed by atoms with Crippen LogP contribution in [0.2, 0.25) is 0 Å². The zero-order valence-corrected chi connectivity index (χ0v) is 18.2. The van der Waals surface area contributed by atoms with Gasteiger partial charge in [-0.2, -0.15) is 4.68 Å². The number of ether oxygens (including phenoxy) is 2. The molecule has 6 nitrogen and oxygen atoms in total. The predicted molar refractivity (Wildman–Crippen MR) is 118 cm³/mol. The third-order valence-corrected chi connectivity index (χ3v) is 5.66. The summed E-state index contributed by atoms with van der Waals surface area (Å²) in [5, 5.41) is 4.83. The van der Waals surface area contributed by atoms with Crippen molar-refractivity contribution in [2.75, 3.05) is 13.7 Å². The number of allylic oxidation sites excluding steroid dienone is 1. The molecule has 0 spiro atoms. The first kappa shape index (κ1) is 20.4. The number of nitrogens with zero attached hydrogens (tertiary/aromatic N) is 3. The maximum Gasteiger partial charge on any atom is 0.203 e. The summed E-state index contributed by atoms with van der Waals surface area (Å²) in [5.41, 5.74) is 2.62. The number of fused-ring (bicyclic) bond motifs is 1. The summed E-state index contributed by atoms with van der Waals surface area (Å²) in [4.78, 5) is 1.29. The Morgan fingerprint density at radius 3 is 2.70 bits per heavy atom. The summed E-state index contributed by atoms with van der Waals surface area (Å²) in [7, 11) is 2.15. The molecular weight excluding hydrogens is 396 g/mol. The lowest BCUT2D eigenvalue weighted by Gasteiger charge is -2.25. The van der Waals surface area contributed by atoms with Crippen molar-refractivity contribution >= 4 is 12.2 Å². The predicted octanol–water partition coefficient (Wildman–Crippen LogP) is 3.09. The molecule has 156 valence electrons. The summed E-state index contributed by atoms with van der Waals surface area (Å²) < 4.78 is 16.6. The smallest absolute Gasteiger partial charge is 0.203 e. The average Bonchev–Trinajstić information content (AvgIpc) is 3.05. The largest absolute Gasteiger partial charge is 0.485 e. The number of rotatable bonds is 7. The topological polar surface area (TPSA) is 45.6 Å². The van der Waals surface area contributed by atoms with Crippen molar-refractivity contribution < 1.29 is 14.4 Å². The van der Waals surface area contributed by atoms with E-state index in [1.165, 1.54) is 16.0 Å². The molecule has 4 rings (SSSR count). The van der Waals surface area contributed by atoms with Gasteiger partial charge in [-0.3, -0.25) is 4.57 Å². The van der Waals surface area contributed by atoms with Gasteiger partial charge in [0.05, 0.1) is 7.05 Å². The molecule has 0 saturated heterocycles. The van der Waals surface area contributed by atoms with Gasteiger partial charge in [-0.1, -0.05) is 42.5 Å². The number of nitrogens with one attached hydrogen (secondary N) is 1. The van der Waals surface area contributed by atoms with Crippen molar-refractivity contribution in [3.05, 3.63) is 82.9 Å². The van der Waals surface area contributed by atoms with Crippen molar-refractivity contribution in [3.63, 3.8) is 0 Å². The van der Waals surface area contributed by atoms with Gasteiger partial charge in [0.25, 0.3) is 0 Å². The van der Waals surface area contributed by atoms with Crippen LogP contribution < -0.4 is 14.4 Å². The second-order valence-electron chi connectivity index (χ2n) is 7.62. The zero-order chi connectivity index (χ0) is 21.1. The Hall–Kier alpha value is -2.90. The minimum atomic E-state index is -0.320. The number of benzene rings is 2. The van der Waals surface area contributed by atoms with Gasteiger partial charge in [-0.05, 0) is 36.8 Å². The summed E-state index contributed by atoms with van der Waals surface area (Å²) in [6.45, 7) is 8.54. The lowest BCUT2D eigenvalue weighted by molar-refractivity contribution is -0.917. The van der Waals surface area contributed by atoms with E-state index in [1.807, 2.05) is 39.6 Å². The molecule has 0 bridgehead atoms. The molecule has 1 N–H and O–H groups in total. The van der Waals surface area contributed by atoms with Gasteiger partial charge in [0.15, 0.2) is 30.1 Å². The Kier molecular flexibility index (Phi) is 6.01. The summed E-state index contributed by atoms with van der Waals surface area (Å²) >= 11 is 5.74. The molecule has 1 aromatic heterocycles. The highest BCUT2D eigenvalue weighted by molar-refractivity contribution is 7.71. The fourth-order valence-electron chi connectivity index (χ4n) is 3.69. The molecule has 0 saturated carbocycles. The Balaban J connectivity index is 1.57. The van der Waals surface area contributed by atoms with Crippen molar-refractivity contribution in [2.45, 2.75) is 32.8 Å². The van der Waals surface area contributed by atoms with Gasteiger partial charge in [-0.25, -0.2) is 0 Å². The normalized spacial score (nSPS) is 16.3. The van der Waals surface area contributed by atoms with Crippen LogP contribution in [0.25, 0.3) is 0 Å². The molecule has 1 aliphatic rings. The van der Waals surface area contributed by atoms with Crippen molar-refractivity contribution in [1.29, 1.82) is 0 Å². The van der Waals surface area contributed by atoms with Gasteiger partial charge in [-0.15, -0.1) is 11.7 Å². The second-order valence-corrected chi connectivity index (χ2v) is 7.99. The maximum atomic E-state index is 6.18. The molecule has 0 aliphatic carbocycles. The van der Waals surface area contributed by atoms with Crippen molar-refractivity contribution in [3.8, 4) is 11.5 Å². The number of para-hydroxylation sites is 2. The van der Waals surface area contributed by atoms with E-state index in [-0.39, 0.29) is 6.10 Å². The second kappa shape index (κ2) is 8.85. The molecule has 0 amide bonds. The van der Waals surface area contributed by atoms with Gasteiger partial charge in [0, 0.05) is 12.1 Å². The highest BCUT2D eigenvalue weighted by Crippen LogP contribution is 2.35. The zero-order valence-electron chi connectivity index (χ0n) is 17.4. The quantitative estimate of drug-likeness (QED) is 0.469. The minimum Gasteiger partial charge on any atom is -0.485 e. The summed E-state index contributed by atoms with van der Waals surface area (Å²) in [5.74, 6) is 2.24. The van der Waals surface area contributed by atoms with Gasteiger partial charge in [0.1, 0.15) is 13.2 Å². The van der Waals surface area contributed by atoms with Gasteiger partial charge in [0.2, 0.25) is 4.77 Å². The fourth-order valence-corrected chi connectivity index (χ4v) is 3.97. The first-order chi connectivity index (χ1) is 14.6. The highest BCUT2D eigenvalue weighted by atomic mass is 32.1. The molecule has 2 heterocycles. The standard InChI is InChI=1S/C23H26N4O2S/c1-4-13-26-22(21-15-28-19-11-7-8-12-20(19)29-21)24-27(23(26)30)16-25(3)14-18-10-6-5-9-17(18)2/h4-12,21H,1,13-16H2,2-3H3/p+1/t21-/m0/s1. The first-order valence-electron chi connectivity index (χ1n) is 10.1. The number of quaternary nitrogens is 1. The van der Waals surface area contributed by atoms with E-state index in [1.54, 1.807) is 0 Å². The number of hydrogen-bond acceptors (Lipinski definition) is 4. The van der Waals surface area contributed by atoms with E-state index in [2.05, 4.69) is 44.8 Å². The van der Waals surface area contributed by atoms with Crippen molar-refractivity contribution in [1.82, 2.24) is 14.3 Å². The van der Waals surface area contributed by atoms with Crippen molar-refractivity contribution in [2.24, 2.45) is 0 Å². The highest BCUT2D eigenvalue weighted by Gasteiger charge is 2.28. The molecule has 2 atom stereocenters. The lowest BCUT2D eigenvalue weighted by Crippen LogP contribution is -3.07. The monoisotopic (exact) mass is 423 g/mol. The van der Waals surface area contributed by atoms with E-state index in [0.717, 1.165) is 23.9 Å². The van der Waals surface area contributed by atoms with Gasteiger partial charge < -0.3 is 14.4 Å². The molecule has 1 aliphatic heterocycles. The Bertz CT molecular complexity index is 1100. The third-order valence-electron chi connectivity index (χ3n) is 5.23. The third kappa shape index (κ3) is 4.17. The summed E-state index contributed by atoms with van der Waals surface area (Å²) in [6.07, 6.45) is 1.51. The van der Waals surface area contributed by atoms with E-state index >= 15 is 0 Å². The van der Waals surface area contributed by atoms with Crippen LogP contribution in [-0.2, 0) is 19.8 Å². The molecule has 3 aromatic rings. The van der Waals surface area contributed by atoms with E-state index in [9.17, 15) is 0 Å². The Morgan fingerprint density at radius 2 is 1.93 bits per heavy atom. The minimum absolute atomic E-state index is 0.320. The maximum absolute atomic E-state index is 6.18. The first-order valence-corrected chi connectivity index (χ1v) is 10.5. The van der Waals surface area contributed by atoms with Crippen LogP contribution in [0.3, 0.4) is 0 Å². The van der Waals surface area contributed by atoms with Crippen LogP contribution in [-0.4, -0.2) is 28.0 Å². The lowest BCUT2D eigenvalue weighted by atomic mass is 10.1.